The van der Waals surface area contributed by atoms with Gasteiger partial charge in [-0.15, -0.1) is 0 Å². The van der Waals surface area contributed by atoms with E-state index in [2.05, 4.69) is 19.2 Å². The number of amides is 2. The minimum absolute atomic E-state index is 0.145. The van der Waals surface area contributed by atoms with Gasteiger partial charge < -0.3 is 15.0 Å². The van der Waals surface area contributed by atoms with Gasteiger partial charge >= 0.3 is 0 Å². The number of hydrogen-bond acceptors (Lipinski definition) is 3. The van der Waals surface area contributed by atoms with E-state index in [4.69, 9.17) is 16.3 Å². The molecular formula is C23H29ClN2O3. The maximum Gasteiger partial charge on any atom is 0.261 e. The van der Waals surface area contributed by atoms with Gasteiger partial charge in [0.2, 0.25) is 5.91 Å². The molecule has 0 radical (unpaired) electrons. The SMILES string of the molecule is CCNC(=O)C(C)N(Cc1cccc(Cl)c1)C(=O)COc1ccccc1C(C)C. The van der Waals surface area contributed by atoms with E-state index in [-0.39, 0.29) is 30.9 Å². The highest BCUT2D eigenvalue weighted by molar-refractivity contribution is 6.30. The second-order valence-electron chi connectivity index (χ2n) is 7.20. The van der Waals surface area contributed by atoms with Gasteiger partial charge in [0, 0.05) is 18.1 Å². The van der Waals surface area contributed by atoms with E-state index in [1.54, 1.807) is 19.1 Å². The minimum atomic E-state index is -0.634. The number of likely N-dealkylation sites (N-methyl/N-ethyl adjacent to an activating group) is 1. The number of halogens is 1. The zero-order valence-electron chi connectivity index (χ0n) is 17.4. The normalized spacial score (nSPS) is 11.8. The molecule has 0 fully saturated rings. The lowest BCUT2D eigenvalue weighted by Gasteiger charge is -2.29. The maximum atomic E-state index is 13.0. The predicted molar refractivity (Wildman–Crippen MR) is 116 cm³/mol. The van der Waals surface area contributed by atoms with Crippen molar-refractivity contribution in [3.05, 3.63) is 64.7 Å². The molecule has 156 valence electrons. The predicted octanol–water partition coefficient (Wildman–Crippen LogP) is 4.40. The molecule has 2 amide bonds. The summed E-state index contributed by atoms with van der Waals surface area (Å²) in [6.45, 7) is 8.34. The van der Waals surface area contributed by atoms with Gasteiger partial charge in [-0.3, -0.25) is 9.59 Å². The van der Waals surface area contributed by atoms with Gasteiger partial charge in [-0.1, -0.05) is 55.8 Å². The molecule has 29 heavy (non-hydrogen) atoms. The van der Waals surface area contributed by atoms with Gasteiger partial charge in [-0.05, 0) is 49.1 Å². The number of para-hydroxylation sites is 1. The van der Waals surface area contributed by atoms with Gasteiger partial charge in [0.25, 0.3) is 5.91 Å². The average molecular weight is 417 g/mol. The van der Waals surface area contributed by atoms with E-state index in [0.717, 1.165) is 11.1 Å². The maximum absolute atomic E-state index is 13.0. The highest BCUT2D eigenvalue weighted by atomic mass is 35.5. The number of ether oxygens (including phenoxy) is 1. The first kappa shape index (κ1) is 22.8. The Morgan fingerprint density at radius 2 is 1.83 bits per heavy atom. The number of nitrogens with one attached hydrogen (secondary N) is 1. The summed E-state index contributed by atoms with van der Waals surface area (Å²) in [5, 5.41) is 3.36. The lowest BCUT2D eigenvalue weighted by Crippen LogP contribution is -2.49. The van der Waals surface area contributed by atoms with Crippen LogP contribution in [0.25, 0.3) is 0 Å². The molecule has 0 bridgehead atoms. The van der Waals surface area contributed by atoms with Crippen molar-refractivity contribution in [2.75, 3.05) is 13.2 Å². The van der Waals surface area contributed by atoms with Crippen LogP contribution in [0.1, 0.15) is 44.7 Å². The number of carbonyl (C=O) groups is 2. The average Bonchev–Trinajstić information content (AvgIpc) is 2.70. The van der Waals surface area contributed by atoms with Crippen molar-refractivity contribution >= 4 is 23.4 Å². The lowest BCUT2D eigenvalue weighted by molar-refractivity contribution is -0.142. The Labute approximate surface area is 178 Å². The third-order valence-electron chi connectivity index (χ3n) is 4.65. The molecule has 0 aromatic heterocycles. The molecule has 0 spiro atoms. The first-order chi connectivity index (χ1) is 13.8. The van der Waals surface area contributed by atoms with Crippen molar-refractivity contribution in [2.45, 2.75) is 46.2 Å². The number of nitrogens with zero attached hydrogens (tertiary/aromatic N) is 1. The number of rotatable bonds is 9. The van der Waals surface area contributed by atoms with E-state index >= 15 is 0 Å². The minimum Gasteiger partial charge on any atom is -0.483 e. The molecule has 0 aliphatic heterocycles. The molecule has 0 aliphatic carbocycles. The molecule has 6 heteroatoms. The van der Waals surface area contributed by atoms with Crippen LogP contribution < -0.4 is 10.1 Å². The molecule has 2 aromatic rings. The molecule has 1 unspecified atom stereocenters. The van der Waals surface area contributed by atoms with E-state index in [9.17, 15) is 9.59 Å². The van der Waals surface area contributed by atoms with Gasteiger partial charge in [0.1, 0.15) is 11.8 Å². The summed E-state index contributed by atoms with van der Waals surface area (Å²) >= 11 is 6.08. The summed E-state index contributed by atoms with van der Waals surface area (Å²) in [5.74, 6) is 0.495. The fourth-order valence-electron chi connectivity index (χ4n) is 3.05. The highest BCUT2D eigenvalue weighted by Gasteiger charge is 2.26. The first-order valence-electron chi connectivity index (χ1n) is 9.86. The molecule has 1 atom stereocenters. The molecule has 0 saturated heterocycles. The van der Waals surface area contributed by atoms with Crippen LogP contribution in [0.3, 0.4) is 0 Å². The molecule has 0 saturated carbocycles. The Bertz CT molecular complexity index is 838. The van der Waals surface area contributed by atoms with Crippen molar-refractivity contribution in [2.24, 2.45) is 0 Å². The summed E-state index contributed by atoms with van der Waals surface area (Å²) in [5.41, 5.74) is 1.89. The zero-order chi connectivity index (χ0) is 21.4. The standard InChI is InChI=1S/C23H29ClN2O3/c1-5-25-23(28)17(4)26(14-18-9-8-10-19(24)13-18)22(27)15-29-21-12-7-6-11-20(21)16(2)3/h6-13,16-17H,5,14-15H2,1-4H3,(H,25,28). The van der Waals surface area contributed by atoms with Crippen LogP contribution in [0.2, 0.25) is 5.02 Å². The zero-order valence-corrected chi connectivity index (χ0v) is 18.2. The van der Waals surface area contributed by atoms with E-state index in [0.29, 0.717) is 17.3 Å². The Balaban J connectivity index is 2.18. The molecule has 2 aromatic carbocycles. The Kier molecular flexibility index (Phi) is 8.52. The summed E-state index contributed by atoms with van der Waals surface area (Å²) in [4.78, 5) is 26.9. The van der Waals surface area contributed by atoms with Gasteiger partial charge in [-0.25, -0.2) is 0 Å². The van der Waals surface area contributed by atoms with Gasteiger partial charge in [-0.2, -0.15) is 0 Å². The molecule has 0 heterocycles. The summed E-state index contributed by atoms with van der Waals surface area (Å²) in [6.07, 6.45) is 0. The van der Waals surface area contributed by atoms with Crippen molar-refractivity contribution in [3.63, 3.8) is 0 Å². The van der Waals surface area contributed by atoms with Crippen LogP contribution in [0.4, 0.5) is 0 Å². The van der Waals surface area contributed by atoms with Crippen molar-refractivity contribution < 1.29 is 14.3 Å². The van der Waals surface area contributed by atoms with Crippen molar-refractivity contribution in [1.82, 2.24) is 10.2 Å². The Morgan fingerprint density at radius 3 is 2.48 bits per heavy atom. The third-order valence-corrected chi connectivity index (χ3v) is 4.89. The smallest absolute Gasteiger partial charge is 0.261 e. The van der Waals surface area contributed by atoms with Crippen LogP contribution in [-0.4, -0.2) is 35.9 Å². The molecule has 1 N–H and O–H groups in total. The van der Waals surface area contributed by atoms with Crippen LogP contribution in [0.15, 0.2) is 48.5 Å². The fraction of sp³-hybridized carbons (Fsp3) is 0.391. The highest BCUT2D eigenvalue weighted by Crippen LogP contribution is 2.26. The topological polar surface area (TPSA) is 58.6 Å². The molecule has 5 nitrogen and oxygen atoms in total. The van der Waals surface area contributed by atoms with Crippen molar-refractivity contribution in [1.29, 1.82) is 0 Å². The Morgan fingerprint density at radius 1 is 1.10 bits per heavy atom. The molecule has 2 rings (SSSR count). The van der Waals surface area contributed by atoms with Crippen molar-refractivity contribution in [3.8, 4) is 5.75 Å². The first-order valence-corrected chi connectivity index (χ1v) is 10.2. The summed E-state index contributed by atoms with van der Waals surface area (Å²) in [7, 11) is 0. The van der Waals surface area contributed by atoms with E-state index < -0.39 is 6.04 Å². The number of benzene rings is 2. The summed E-state index contributed by atoms with van der Waals surface area (Å²) < 4.78 is 5.84. The molecule has 0 aliphatic rings. The summed E-state index contributed by atoms with van der Waals surface area (Å²) in [6, 6.07) is 14.3. The second kappa shape index (κ2) is 10.9. The third kappa shape index (κ3) is 6.50. The largest absolute Gasteiger partial charge is 0.483 e. The fourth-order valence-corrected chi connectivity index (χ4v) is 3.26. The quantitative estimate of drug-likeness (QED) is 0.659. The lowest BCUT2D eigenvalue weighted by atomic mass is 10.0. The van der Waals surface area contributed by atoms with E-state index in [1.807, 2.05) is 43.3 Å². The van der Waals surface area contributed by atoms with Crippen LogP contribution in [-0.2, 0) is 16.1 Å². The van der Waals surface area contributed by atoms with Gasteiger partial charge in [0.15, 0.2) is 6.61 Å². The number of hydrogen-bond donors (Lipinski definition) is 1. The number of carbonyl (C=O) groups excluding carboxylic acids is 2. The second-order valence-corrected chi connectivity index (χ2v) is 7.64. The van der Waals surface area contributed by atoms with Crippen LogP contribution >= 0.6 is 11.6 Å². The Hall–Kier alpha value is -2.53. The molecular weight excluding hydrogens is 388 g/mol. The monoisotopic (exact) mass is 416 g/mol. The van der Waals surface area contributed by atoms with E-state index in [1.165, 1.54) is 4.90 Å². The van der Waals surface area contributed by atoms with Crippen LogP contribution in [0.5, 0.6) is 5.75 Å². The van der Waals surface area contributed by atoms with Gasteiger partial charge in [0.05, 0.1) is 0 Å². The van der Waals surface area contributed by atoms with Crippen LogP contribution in [0, 0.1) is 0 Å².